The number of hydrogen-bond donors (Lipinski definition) is 5. The molecule has 0 saturated carbocycles. The summed E-state index contributed by atoms with van der Waals surface area (Å²) in [5.74, 6) is -1.63. The van der Waals surface area contributed by atoms with Gasteiger partial charge in [0.25, 0.3) is 0 Å². The van der Waals surface area contributed by atoms with Gasteiger partial charge in [-0.3, -0.25) is 9.59 Å². The quantitative estimate of drug-likeness (QED) is 0.0423. The maximum absolute atomic E-state index is 13.3. The first-order valence-electron chi connectivity index (χ1n) is 21.6. The molecule has 0 aromatic carbocycles. The van der Waals surface area contributed by atoms with Gasteiger partial charge in [0.05, 0.1) is 19.3 Å². The van der Waals surface area contributed by atoms with E-state index in [2.05, 4.69) is 40.4 Å². The van der Waals surface area contributed by atoms with Gasteiger partial charge in [-0.2, -0.15) is 0 Å². The van der Waals surface area contributed by atoms with Crippen molar-refractivity contribution in [2.75, 3.05) is 65.7 Å². The predicted molar refractivity (Wildman–Crippen MR) is 232 cm³/mol. The molecule has 326 valence electrons. The van der Waals surface area contributed by atoms with Gasteiger partial charge in [0.1, 0.15) is 25.4 Å². The first-order valence-corrected chi connectivity index (χ1v) is 22.5. The first kappa shape index (κ1) is 50.3. The Hall–Kier alpha value is -1.88. The minimum atomic E-state index is -0.618. The van der Waals surface area contributed by atoms with E-state index in [1.165, 1.54) is 77.0 Å². The molecule has 2 rings (SSSR count). The summed E-state index contributed by atoms with van der Waals surface area (Å²) in [6.07, 6.45) is 19.2. The molecule has 2 fully saturated rings. The van der Waals surface area contributed by atoms with Crippen LogP contribution in [-0.2, 0) is 33.3 Å². The Morgan fingerprint density at radius 2 is 1.05 bits per heavy atom. The fourth-order valence-corrected chi connectivity index (χ4v) is 7.03. The number of hydrogen-bond acceptors (Lipinski definition) is 9. The summed E-state index contributed by atoms with van der Waals surface area (Å²) < 4.78 is 28.7. The van der Waals surface area contributed by atoms with Crippen LogP contribution < -0.4 is 26.6 Å². The van der Waals surface area contributed by atoms with Crippen LogP contribution in [0.5, 0.6) is 0 Å². The van der Waals surface area contributed by atoms with Gasteiger partial charge < -0.3 is 55.2 Å². The van der Waals surface area contributed by atoms with Crippen molar-refractivity contribution in [3.05, 3.63) is 0 Å². The Morgan fingerprint density at radius 3 is 1.45 bits per heavy atom. The number of nitrogens with one attached hydrogen (secondary N) is 5. The number of carbonyl (C=O) groups excluding carboxylic acids is 2. The van der Waals surface area contributed by atoms with Crippen LogP contribution in [0, 0.1) is 0 Å². The molecule has 0 aromatic heterocycles. The van der Waals surface area contributed by atoms with Crippen LogP contribution in [0.1, 0.15) is 144 Å². The third-order valence-electron chi connectivity index (χ3n) is 9.87. The molecule has 2 saturated heterocycles. The van der Waals surface area contributed by atoms with E-state index in [4.69, 9.17) is 48.1 Å². The van der Waals surface area contributed by atoms with Crippen molar-refractivity contribution in [2.45, 2.75) is 174 Å². The maximum Gasteiger partial charge on any atom is 0.248 e. The van der Waals surface area contributed by atoms with Crippen molar-refractivity contribution >= 4 is 46.5 Å². The molecule has 0 aliphatic carbocycles. The maximum atomic E-state index is 13.3. The predicted octanol–water partition coefficient (Wildman–Crippen LogP) is 5.83. The van der Waals surface area contributed by atoms with E-state index in [-0.39, 0.29) is 37.2 Å². The van der Waals surface area contributed by atoms with Crippen molar-refractivity contribution in [3.63, 3.8) is 0 Å². The zero-order chi connectivity index (χ0) is 41.1. The Kier molecular flexibility index (Phi) is 26.3. The molecule has 5 N–H and O–H groups in total. The van der Waals surface area contributed by atoms with Crippen LogP contribution in [0.4, 0.5) is 0 Å². The minimum absolute atomic E-state index is 0.0588. The normalized spacial score (nSPS) is 19.0. The molecular formula is C41H78N6O7S2. The van der Waals surface area contributed by atoms with Gasteiger partial charge >= 0.3 is 0 Å². The molecule has 2 atom stereocenters. The largest absolute Gasteiger partial charge is 0.362 e. The highest BCUT2D eigenvalue weighted by Crippen LogP contribution is 2.22. The van der Waals surface area contributed by atoms with Crippen molar-refractivity contribution in [3.8, 4) is 0 Å². The van der Waals surface area contributed by atoms with Crippen LogP contribution in [0.2, 0.25) is 0 Å². The highest BCUT2D eigenvalue weighted by molar-refractivity contribution is 7.80. The molecule has 0 radical (unpaired) electrons. The molecule has 0 aromatic rings. The third-order valence-corrected chi connectivity index (χ3v) is 10.5. The second-order valence-corrected chi connectivity index (χ2v) is 17.0. The molecule has 13 nitrogen and oxygen atoms in total. The molecule has 2 amide bonds. The van der Waals surface area contributed by atoms with Gasteiger partial charge in [0, 0.05) is 39.3 Å². The number of unbranched alkanes of at least 4 members (excludes halogenated alkanes) is 14. The summed E-state index contributed by atoms with van der Waals surface area (Å²) in [6.45, 7) is 15.7. The molecule has 0 spiro atoms. The number of nitrogens with zero attached hydrogens (tertiary/aromatic N) is 1. The third kappa shape index (κ3) is 24.8. The number of ether oxygens (including phenoxy) is 5. The molecule has 2 aliphatic rings. The number of amides is 2. The zero-order valence-electron chi connectivity index (χ0n) is 35.7. The van der Waals surface area contributed by atoms with E-state index in [9.17, 15) is 9.59 Å². The molecule has 2 unspecified atom stereocenters. The van der Waals surface area contributed by atoms with Gasteiger partial charge in [-0.1, -0.05) is 104 Å². The zero-order valence-corrected chi connectivity index (χ0v) is 37.4. The first-order chi connectivity index (χ1) is 26.8. The van der Waals surface area contributed by atoms with E-state index >= 15 is 0 Å². The summed E-state index contributed by atoms with van der Waals surface area (Å²) >= 11 is 11.0. The molecule has 0 bridgehead atoms. The van der Waals surface area contributed by atoms with E-state index in [0.717, 1.165) is 38.8 Å². The smallest absolute Gasteiger partial charge is 0.248 e. The summed E-state index contributed by atoms with van der Waals surface area (Å²) in [5.41, 5.74) is 0. The van der Waals surface area contributed by atoms with Crippen LogP contribution in [0.3, 0.4) is 0 Å². The average molecular weight is 831 g/mol. The highest BCUT2D eigenvalue weighted by atomic mass is 32.1. The summed E-state index contributed by atoms with van der Waals surface area (Å²) in [6, 6.07) is -0.406. The molecule has 56 heavy (non-hydrogen) atoms. The van der Waals surface area contributed by atoms with Crippen LogP contribution in [-0.4, -0.2) is 122 Å². The average Bonchev–Trinajstić information content (AvgIpc) is 3.70. The van der Waals surface area contributed by atoms with E-state index in [1.54, 1.807) is 0 Å². The van der Waals surface area contributed by atoms with Gasteiger partial charge in [0.2, 0.25) is 11.8 Å². The van der Waals surface area contributed by atoms with E-state index in [1.807, 2.05) is 32.6 Å². The second-order valence-electron chi connectivity index (χ2n) is 16.2. The Morgan fingerprint density at radius 1 is 0.643 bits per heavy atom. The molecular weight excluding hydrogens is 753 g/mol. The van der Waals surface area contributed by atoms with E-state index in [0.29, 0.717) is 49.6 Å². The topological polar surface area (TPSA) is 144 Å². The Labute approximate surface area is 349 Å². The highest BCUT2D eigenvalue weighted by Gasteiger charge is 2.33. The van der Waals surface area contributed by atoms with Gasteiger partial charge in [-0.25, -0.2) is 0 Å². The number of thiocarbonyl (C=S) groups is 2. The van der Waals surface area contributed by atoms with Gasteiger partial charge in [0.15, 0.2) is 21.8 Å². The monoisotopic (exact) mass is 831 g/mol. The van der Waals surface area contributed by atoms with Crippen LogP contribution in [0.25, 0.3) is 0 Å². The number of carbonyl (C=O) groups is 2. The second kappa shape index (κ2) is 29.3. The van der Waals surface area contributed by atoms with Crippen LogP contribution in [0.15, 0.2) is 0 Å². The Bertz CT molecular complexity index is 1050. The fraction of sp³-hybridized carbons (Fsp3) is 0.902. The van der Waals surface area contributed by atoms with Crippen molar-refractivity contribution in [1.29, 1.82) is 0 Å². The van der Waals surface area contributed by atoms with Crippen molar-refractivity contribution < 1.29 is 33.3 Å². The SMILES string of the molecule is CCCCCCCCCCN(CCCCCCCCCC)C(=O)COCC(=O)NC(CNC(=S)NCC1COC(C)(C)O1)CNC(=S)NCC1COC(C)(C)O1. The lowest BCUT2D eigenvalue weighted by molar-refractivity contribution is -0.139. The van der Waals surface area contributed by atoms with Crippen molar-refractivity contribution in [2.24, 2.45) is 0 Å². The standard InChI is InChI=1S/C41H78N6O7S2/c1-7-9-11-13-15-17-19-21-23-47(24-22-20-18-16-14-12-10-8-2)37(49)32-50-31-36(48)46-33(25-42-38(55)44-27-34-29-51-40(3,4)53-34)26-43-39(56)45-28-35-30-52-41(5,6)54-35/h33-35H,7-32H2,1-6H3,(H,46,48)(H2,42,44,55)(H2,43,45,56). The summed E-state index contributed by atoms with van der Waals surface area (Å²) in [4.78, 5) is 28.4. The lowest BCUT2D eigenvalue weighted by Crippen LogP contribution is -2.53. The van der Waals surface area contributed by atoms with Crippen LogP contribution >= 0.6 is 24.4 Å². The molecule has 2 aliphatic heterocycles. The molecule has 15 heteroatoms. The summed E-state index contributed by atoms with van der Waals surface area (Å²) in [5, 5.41) is 16.5. The van der Waals surface area contributed by atoms with E-state index < -0.39 is 17.6 Å². The van der Waals surface area contributed by atoms with Crippen molar-refractivity contribution in [1.82, 2.24) is 31.5 Å². The van der Waals surface area contributed by atoms with Gasteiger partial charge in [-0.15, -0.1) is 0 Å². The minimum Gasteiger partial charge on any atom is -0.362 e. The lowest BCUT2D eigenvalue weighted by Gasteiger charge is -2.24. The van der Waals surface area contributed by atoms with Gasteiger partial charge in [-0.05, 0) is 65.0 Å². The number of rotatable bonds is 31. The summed E-state index contributed by atoms with van der Waals surface area (Å²) in [7, 11) is 0. The molecule has 2 heterocycles. The lowest BCUT2D eigenvalue weighted by atomic mass is 10.1. The fourth-order valence-electron chi connectivity index (χ4n) is 6.70. The Balaban J connectivity index is 1.84.